The molecule has 4 nitrogen and oxygen atoms in total. The predicted molar refractivity (Wildman–Crippen MR) is 101 cm³/mol. The third kappa shape index (κ3) is 4.82. The Morgan fingerprint density at radius 3 is 2.17 bits per heavy atom. The van der Waals surface area contributed by atoms with Crippen LogP contribution in [0.25, 0.3) is 11.1 Å². The van der Waals surface area contributed by atoms with Crippen molar-refractivity contribution in [3.05, 3.63) is 95.1 Å². The van der Waals surface area contributed by atoms with Gasteiger partial charge < -0.3 is 10.4 Å². The molecule has 0 saturated carbocycles. The van der Waals surface area contributed by atoms with Crippen LogP contribution in [0.5, 0.6) is 0 Å². The van der Waals surface area contributed by atoms with E-state index >= 15 is 0 Å². The van der Waals surface area contributed by atoms with Crippen molar-refractivity contribution in [3.63, 3.8) is 0 Å². The van der Waals surface area contributed by atoms with E-state index in [1.807, 2.05) is 0 Å². The highest BCUT2D eigenvalue weighted by atomic mass is 19.4. The first-order valence-electron chi connectivity index (χ1n) is 8.63. The van der Waals surface area contributed by atoms with Gasteiger partial charge in [-0.3, -0.25) is 4.79 Å². The molecule has 0 atom stereocenters. The standard InChI is InChI=1S/C22H16F3NO3/c23-22(24,25)19-7-2-1-4-18(19)13-26-20(27)15-10-8-14(9-11-15)16-5-3-6-17(12-16)21(28)29/h1-12H,13H2,(H,26,27)(H,28,29). The fourth-order valence-electron chi connectivity index (χ4n) is 2.87. The molecule has 0 aliphatic rings. The van der Waals surface area contributed by atoms with E-state index in [-0.39, 0.29) is 23.2 Å². The number of aromatic carboxylic acids is 1. The topological polar surface area (TPSA) is 66.4 Å². The molecule has 148 valence electrons. The summed E-state index contributed by atoms with van der Waals surface area (Å²) < 4.78 is 39.1. The number of carbonyl (C=O) groups excluding carboxylic acids is 1. The second-order valence-electron chi connectivity index (χ2n) is 6.30. The Morgan fingerprint density at radius 1 is 0.828 bits per heavy atom. The summed E-state index contributed by atoms with van der Waals surface area (Å²) in [6, 6.07) is 17.8. The lowest BCUT2D eigenvalue weighted by atomic mass is 10.0. The third-order valence-corrected chi connectivity index (χ3v) is 4.35. The van der Waals surface area contributed by atoms with E-state index in [1.54, 1.807) is 24.3 Å². The van der Waals surface area contributed by atoms with Gasteiger partial charge in [-0.25, -0.2) is 4.79 Å². The predicted octanol–water partition coefficient (Wildman–Crippen LogP) is 5.00. The van der Waals surface area contributed by atoms with Gasteiger partial charge in [0.15, 0.2) is 0 Å². The molecule has 0 saturated heterocycles. The molecule has 2 N–H and O–H groups in total. The molecule has 0 aliphatic heterocycles. The van der Waals surface area contributed by atoms with Crippen LogP contribution in [0.2, 0.25) is 0 Å². The van der Waals surface area contributed by atoms with Gasteiger partial charge in [0.2, 0.25) is 0 Å². The molecule has 29 heavy (non-hydrogen) atoms. The van der Waals surface area contributed by atoms with Gasteiger partial charge in [0.25, 0.3) is 5.91 Å². The van der Waals surface area contributed by atoms with Crippen LogP contribution in [0.1, 0.15) is 31.8 Å². The zero-order chi connectivity index (χ0) is 21.0. The van der Waals surface area contributed by atoms with Crippen molar-refractivity contribution in [1.82, 2.24) is 5.32 Å². The van der Waals surface area contributed by atoms with Gasteiger partial charge in [-0.1, -0.05) is 42.5 Å². The average Bonchev–Trinajstić information content (AvgIpc) is 2.71. The van der Waals surface area contributed by atoms with E-state index in [9.17, 15) is 22.8 Å². The molecule has 3 aromatic carbocycles. The van der Waals surface area contributed by atoms with Gasteiger partial charge in [-0.2, -0.15) is 13.2 Å². The maximum Gasteiger partial charge on any atom is 0.416 e. The van der Waals surface area contributed by atoms with E-state index in [0.29, 0.717) is 11.1 Å². The van der Waals surface area contributed by atoms with Gasteiger partial charge in [0, 0.05) is 12.1 Å². The van der Waals surface area contributed by atoms with Crippen molar-refractivity contribution in [3.8, 4) is 11.1 Å². The fraction of sp³-hybridized carbons (Fsp3) is 0.0909. The first-order valence-corrected chi connectivity index (χ1v) is 8.63. The van der Waals surface area contributed by atoms with E-state index in [2.05, 4.69) is 5.32 Å². The molecule has 7 heteroatoms. The van der Waals surface area contributed by atoms with Crippen LogP contribution < -0.4 is 5.32 Å². The number of carbonyl (C=O) groups is 2. The fourth-order valence-corrected chi connectivity index (χ4v) is 2.87. The van der Waals surface area contributed by atoms with Gasteiger partial charge in [0.05, 0.1) is 11.1 Å². The number of carboxylic acid groups (broad SMARTS) is 1. The minimum atomic E-state index is -4.49. The maximum atomic E-state index is 13.0. The lowest BCUT2D eigenvalue weighted by molar-refractivity contribution is -0.138. The molecule has 0 heterocycles. The number of alkyl halides is 3. The summed E-state index contributed by atoms with van der Waals surface area (Å²) in [6.07, 6.45) is -4.49. The second kappa shape index (κ2) is 8.18. The Hall–Kier alpha value is -3.61. The molecule has 3 rings (SSSR count). The summed E-state index contributed by atoms with van der Waals surface area (Å²) in [7, 11) is 0. The van der Waals surface area contributed by atoms with Crippen LogP contribution >= 0.6 is 0 Å². The number of nitrogens with one attached hydrogen (secondary N) is 1. The van der Waals surface area contributed by atoms with Crippen LogP contribution in [0.4, 0.5) is 13.2 Å². The minimum absolute atomic E-state index is 0.0181. The molecule has 0 aromatic heterocycles. The van der Waals surface area contributed by atoms with Crippen LogP contribution in [-0.4, -0.2) is 17.0 Å². The molecule has 0 spiro atoms. The van der Waals surface area contributed by atoms with Crippen LogP contribution in [0, 0.1) is 0 Å². The quantitative estimate of drug-likeness (QED) is 0.635. The van der Waals surface area contributed by atoms with Gasteiger partial charge >= 0.3 is 12.1 Å². The van der Waals surface area contributed by atoms with Gasteiger partial charge in [-0.05, 0) is 47.0 Å². The highest BCUT2D eigenvalue weighted by Gasteiger charge is 2.32. The minimum Gasteiger partial charge on any atom is -0.478 e. The maximum absolute atomic E-state index is 13.0. The summed E-state index contributed by atoms with van der Waals surface area (Å²) in [5.74, 6) is -1.55. The first-order chi connectivity index (χ1) is 13.8. The molecular formula is C22H16F3NO3. The molecule has 0 aliphatic carbocycles. The Bertz CT molecular complexity index is 1040. The van der Waals surface area contributed by atoms with Crippen molar-refractivity contribution < 1.29 is 27.9 Å². The highest BCUT2D eigenvalue weighted by molar-refractivity contribution is 5.95. The van der Waals surface area contributed by atoms with Crippen molar-refractivity contribution in [1.29, 1.82) is 0 Å². The van der Waals surface area contributed by atoms with E-state index in [4.69, 9.17) is 5.11 Å². The molecule has 0 radical (unpaired) electrons. The van der Waals surface area contributed by atoms with Gasteiger partial charge in [0.1, 0.15) is 0 Å². The summed E-state index contributed by atoms with van der Waals surface area (Å²) in [5.41, 5.74) is 1.02. The Kier molecular flexibility index (Phi) is 5.68. The number of hydrogen-bond acceptors (Lipinski definition) is 2. The number of halogens is 3. The summed E-state index contributed by atoms with van der Waals surface area (Å²) in [5, 5.41) is 11.6. The molecule has 3 aromatic rings. The largest absolute Gasteiger partial charge is 0.478 e. The van der Waals surface area contributed by atoms with E-state index < -0.39 is 23.6 Å². The average molecular weight is 399 g/mol. The number of benzene rings is 3. The molecular weight excluding hydrogens is 383 g/mol. The van der Waals surface area contributed by atoms with Crippen molar-refractivity contribution >= 4 is 11.9 Å². The third-order valence-electron chi connectivity index (χ3n) is 4.35. The zero-order valence-corrected chi connectivity index (χ0v) is 15.0. The number of rotatable bonds is 5. The van der Waals surface area contributed by atoms with Crippen molar-refractivity contribution in [2.75, 3.05) is 0 Å². The zero-order valence-electron chi connectivity index (χ0n) is 15.0. The van der Waals surface area contributed by atoms with Crippen LogP contribution in [-0.2, 0) is 12.7 Å². The Labute approximate surface area is 164 Å². The highest BCUT2D eigenvalue weighted by Crippen LogP contribution is 2.31. The first kappa shape index (κ1) is 20.1. The summed E-state index contributed by atoms with van der Waals surface area (Å²) in [4.78, 5) is 23.4. The Morgan fingerprint density at radius 2 is 1.52 bits per heavy atom. The molecule has 1 amide bonds. The summed E-state index contributed by atoms with van der Waals surface area (Å²) >= 11 is 0. The molecule has 0 fully saturated rings. The normalized spacial score (nSPS) is 11.1. The summed E-state index contributed by atoms with van der Waals surface area (Å²) in [6.45, 7) is -0.253. The SMILES string of the molecule is O=C(O)c1cccc(-c2ccc(C(=O)NCc3ccccc3C(F)(F)F)cc2)c1. The van der Waals surface area contributed by atoms with Crippen molar-refractivity contribution in [2.24, 2.45) is 0 Å². The van der Waals surface area contributed by atoms with E-state index in [1.165, 1.54) is 42.5 Å². The monoisotopic (exact) mass is 399 g/mol. The van der Waals surface area contributed by atoms with Crippen molar-refractivity contribution in [2.45, 2.75) is 12.7 Å². The smallest absolute Gasteiger partial charge is 0.416 e. The lowest BCUT2D eigenvalue weighted by Gasteiger charge is -2.13. The number of carboxylic acids is 1. The number of amides is 1. The van der Waals surface area contributed by atoms with Gasteiger partial charge in [-0.15, -0.1) is 0 Å². The lowest BCUT2D eigenvalue weighted by Crippen LogP contribution is -2.24. The van der Waals surface area contributed by atoms with Crippen LogP contribution in [0.3, 0.4) is 0 Å². The second-order valence-corrected chi connectivity index (χ2v) is 6.30. The van der Waals surface area contributed by atoms with E-state index in [0.717, 1.165) is 6.07 Å². The van der Waals surface area contributed by atoms with Crippen LogP contribution in [0.15, 0.2) is 72.8 Å². The molecule has 0 bridgehead atoms. The Balaban J connectivity index is 1.72. The molecule has 0 unspecified atom stereocenters. The number of hydrogen-bond donors (Lipinski definition) is 2.